The normalized spacial score (nSPS) is 8.18. The Morgan fingerprint density at radius 2 is 2.18 bits per heavy atom. The quantitative estimate of drug-likeness (QED) is 0.350. The van der Waals surface area contributed by atoms with E-state index in [2.05, 4.69) is 43.7 Å². The van der Waals surface area contributed by atoms with Crippen molar-refractivity contribution in [2.45, 2.75) is 26.7 Å². The number of rotatable bonds is 4. The highest BCUT2D eigenvalue weighted by molar-refractivity contribution is 7.78. The van der Waals surface area contributed by atoms with E-state index in [-0.39, 0.29) is 0 Å². The third-order valence-electron chi connectivity index (χ3n) is 1.28. The molecular formula is C10H14S. The van der Waals surface area contributed by atoms with Crippen LogP contribution in [0.25, 0.3) is 0 Å². The fraction of sp³-hybridized carbons (Fsp3) is 0.400. The Morgan fingerprint density at radius 3 is 2.64 bits per heavy atom. The van der Waals surface area contributed by atoms with Crippen LogP contribution in [0, 0.1) is 0 Å². The summed E-state index contributed by atoms with van der Waals surface area (Å²) in [5, 5.41) is 2.54. The zero-order valence-electron chi connectivity index (χ0n) is 7.18. The summed E-state index contributed by atoms with van der Waals surface area (Å²) >= 11 is 4.55. The van der Waals surface area contributed by atoms with E-state index < -0.39 is 0 Å². The maximum atomic E-state index is 4.55. The molecule has 0 nitrogen and oxygen atoms in total. The molecule has 0 unspecified atom stereocenters. The van der Waals surface area contributed by atoms with Gasteiger partial charge in [0.2, 0.25) is 0 Å². The van der Waals surface area contributed by atoms with E-state index in [4.69, 9.17) is 0 Å². The lowest BCUT2D eigenvalue weighted by Crippen LogP contribution is -1.75. The monoisotopic (exact) mass is 166 g/mol. The molecule has 0 radical (unpaired) electrons. The fourth-order valence-corrected chi connectivity index (χ4v) is 0.868. The summed E-state index contributed by atoms with van der Waals surface area (Å²) in [4.78, 5) is 0. The molecule has 0 saturated heterocycles. The average Bonchev–Trinajstić information content (AvgIpc) is 1.87. The van der Waals surface area contributed by atoms with Gasteiger partial charge in [-0.3, -0.25) is 0 Å². The molecule has 0 aliphatic heterocycles. The fourth-order valence-electron chi connectivity index (χ4n) is 0.702. The Morgan fingerprint density at radius 1 is 1.55 bits per heavy atom. The van der Waals surface area contributed by atoms with Crippen LogP contribution in [0.2, 0.25) is 0 Å². The number of hydrogen-bond donors (Lipinski definition) is 0. The van der Waals surface area contributed by atoms with Crippen molar-refractivity contribution in [2.75, 3.05) is 0 Å². The standard InChI is InChI=1S/C10H14S/c1-9(2)5-4-6-10(3)7-8-11/h5,7H,3-4,6H2,1-2H3. The van der Waals surface area contributed by atoms with E-state index >= 15 is 0 Å². The van der Waals surface area contributed by atoms with E-state index in [1.165, 1.54) is 5.57 Å². The molecule has 0 aliphatic rings. The second-order valence-electron chi connectivity index (χ2n) is 2.74. The lowest BCUT2D eigenvalue weighted by Gasteiger charge is -1.94. The van der Waals surface area contributed by atoms with Gasteiger partial charge in [-0.05, 0) is 55.6 Å². The summed E-state index contributed by atoms with van der Waals surface area (Å²) in [6, 6.07) is 0. The molecule has 60 valence electrons. The van der Waals surface area contributed by atoms with Gasteiger partial charge in [0.1, 0.15) is 0 Å². The third-order valence-corrected chi connectivity index (χ3v) is 1.40. The zero-order valence-corrected chi connectivity index (χ0v) is 8.00. The maximum Gasteiger partial charge on any atom is -0.00574 e. The summed E-state index contributed by atoms with van der Waals surface area (Å²) < 4.78 is 0. The van der Waals surface area contributed by atoms with Crippen LogP contribution < -0.4 is 0 Å². The first-order valence-corrected chi connectivity index (χ1v) is 4.09. The molecule has 0 heterocycles. The molecule has 0 fully saturated rings. The molecule has 0 bridgehead atoms. The van der Waals surface area contributed by atoms with Crippen LogP contribution in [0.4, 0.5) is 0 Å². The molecule has 0 spiro atoms. The Hall–Kier alpha value is -0.650. The molecule has 0 atom stereocenters. The van der Waals surface area contributed by atoms with E-state index in [1.807, 2.05) is 0 Å². The van der Waals surface area contributed by atoms with Crippen molar-refractivity contribution < 1.29 is 0 Å². The summed E-state index contributed by atoms with van der Waals surface area (Å²) in [5.41, 5.74) is 2.40. The van der Waals surface area contributed by atoms with Gasteiger partial charge in [0.15, 0.2) is 0 Å². The molecule has 0 aliphatic carbocycles. The highest BCUT2D eigenvalue weighted by Gasteiger charge is 1.86. The van der Waals surface area contributed by atoms with Crippen molar-refractivity contribution in [2.24, 2.45) is 0 Å². The summed E-state index contributed by atoms with van der Waals surface area (Å²) in [5.74, 6) is 0. The van der Waals surface area contributed by atoms with E-state index in [9.17, 15) is 0 Å². The van der Waals surface area contributed by atoms with Crippen LogP contribution in [0.1, 0.15) is 26.7 Å². The molecule has 0 saturated carbocycles. The van der Waals surface area contributed by atoms with Gasteiger partial charge in [-0.15, -0.1) is 0 Å². The predicted octanol–water partition coefficient (Wildman–Crippen LogP) is 3.44. The SMILES string of the molecule is C=C(C=C=S)CCC=C(C)C. The van der Waals surface area contributed by atoms with Crippen LogP contribution in [-0.2, 0) is 0 Å². The van der Waals surface area contributed by atoms with Gasteiger partial charge in [0, 0.05) is 0 Å². The lowest BCUT2D eigenvalue weighted by atomic mass is 10.1. The van der Waals surface area contributed by atoms with Crippen molar-refractivity contribution in [1.29, 1.82) is 0 Å². The molecule has 0 rings (SSSR count). The molecule has 0 N–H and O–H groups in total. The number of allylic oxidation sites excluding steroid dienone is 4. The molecule has 0 aromatic carbocycles. The maximum absolute atomic E-state index is 4.55. The largest absolute Gasteiger partial charge is 0.0952 e. The summed E-state index contributed by atoms with van der Waals surface area (Å²) in [7, 11) is 0. The first-order valence-electron chi connectivity index (χ1n) is 3.69. The van der Waals surface area contributed by atoms with Gasteiger partial charge in [0.25, 0.3) is 0 Å². The van der Waals surface area contributed by atoms with E-state index in [1.54, 1.807) is 6.08 Å². The topological polar surface area (TPSA) is 0 Å². The summed E-state index contributed by atoms with van der Waals surface area (Å²) in [6.07, 6.45) is 5.99. The average molecular weight is 166 g/mol. The lowest BCUT2D eigenvalue weighted by molar-refractivity contribution is 1.00. The van der Waals surface area contributed by atoms with Crippen LogP contribution in [0.15, 0.2) is 29.9 Å². The molecule has 0 amide bonds. The zero-order chi connectivity index (χ0) is 8.69. The molecule has 0 aromatic rings. The first kappa shape index (κ1) is 10.3. The van der Waals surface area contributed by atoms with Gasteiger partial charge >= 0.3 is 0 Å². The van der Waals surface area contributed by atoms with Gasteiger partial charge in [-0.1, -0.05) is 18.2 Å². The molecule has 0 aromatic heterocycles. The Bertz CT molecular complexity index is 201. The Kier molecular flexibility index (Phi) is 5.73. The summed E-state index contributed by atoms with van der Waals surface area (Å²) in [6.45, 7) is 8.02. The minimum Gasteiger partial charge on any atom is -0.0952 e. The van der Waals surface area contributed by atoms with E-state index in [0.717, 1.165) is 18.4 Å². The van der Waals surface area contributed by atoms with Crippen LogP contribution in [-0.4, -0.2) is 5.02 Å². The van der Waals surface area contributed by atoms with Crippen molar-refractivity contribution in [3.63, 3.8) is 0 Å². The highest BCUT2D eigenvalue weighted by Crippen LogP contribution is 2.04. The first-order chi connectivity index (χ1) is 5.16. The van der Waals surface area contributed by atoms with Crippen molar-refractivity contribution in [1.82, 2.24) is 0 Å². The molecule has 1 heteroatoms. The van der Waals surface area contributed by atoms with Crippen LogP contribution in [0.3, 0.4) is 0 Å². The number of hydrogen-bond acceptors (Lipinski definition) is 1. The van der Waals surface area contributed by atoms with Gasteiger partial charge < -0.3 is 0 Å². The van der Waals surface area contributed by atoms with Crippen molar-refractivity contribution in [3.8, 4) is 0 Å². The van der Waals surface area contributed by atoms with Crippen molar-refractivity contribution >= 4 is 17.2 Å². The second kappa shape index (κ2) is 6.09. The minimum absolute atomic E-state index is 0.981. The second-order valence-corrected chi connectivity index (χ2v) is 2.98. The Balaban J connectivity index is 3.63. The van der Waals surface area contributed by atoms with Gasteiger partial charge in [-0.2, -0.15) is 0 Å². The smallest absolute Gasteiger partial charge is 0.00574 e. The van der Waals surface area contributed by atoms with E-state index in [0.29, 0.717) is 0 Å². The highest BCUT2D eigenvalue weighted by atomic mass is 32.1. The van der Waals surface area contributed by atoms with Gasteiger partial charge in [-0.25, -0.2) is 0 Å². The number of thiocarbonyl (C=S) groups is 1. The Labute approximate surface area is 74.3 Å². The third kappa shape index (κ3) is 7.24. The van der Waals surface area contributed by atoms with Crippen LogP contribution >= 0.6 is 12.2 Å². The molecule has 11 heavy (non-hydrogen) atoms. The minimum atomic E-state index is 0.981. The van der Waals surface area contributed by atoms with Gasteiger partial charge in [0.05, 0.1) is 0 Å². The van der Waals surface area contributed by atoms with Crippen molar-refractivity contribution in [3.05, 3.63) is 29.9 Å². The molecular weight excluding hydrogens is 152 g/mol. The van der Waals surface area contributed by atoms with Crippen LogP contribution in [0.5, 0.6) is 0 Å². The predicted molar refractivity (Wildman–Crippen MR) is 55.0 cm³/mol.